The molecule has 41 heavy (non-hydrogen) atoms. The number of fused-ring (bicyclic) bond motifs is 1. The summed E-state index contributed by atoms with van der Waals surface area (Å²) >= 11 is 0. The molecule has 4 heterocycles. The number of nitrogens with one attached hydrogen (secondary N) is 2. The first-order chi connectivity index (χ1) is 20.0. The zero-order valence-corrected chi connectivity index (χ0v) is 23.4. The Hall–Kier alpha value is -3.81. The third-order valence-electron chi connectivity index (χ3n) is 7.36. The summed E-state index contributed by atoms with van der Waals surface area (Å²) in [5.74, 6) is 1.08. The van der Waals surface area contributed by atoms with Crippen molar-refractivity contribution in [1.29, 1.82) is 0 Å². The van der Waals surface area contributed by atoms with Crippen molar-refractivity contribution in [3.8, 4) is 11.4 Å². The van der Waals surface area contributed by atoms with E-state index in [0.29, 0.717) is 57.4 Å². The summed E-state index contributed by atoms with van der Waals surface area (Å²) in [7, 11) is 0. The lowest BCUT2D eigenvalue weighted by Gasteiger charge is -2.31. The number of morpholine rings is 2. The van der Waals surface area contributed by atoms with Gasteiger partial charge < -0.3 is 24.6 Å². The van der Waals surface area contributed by atoms with Crippen LogP contribution in [0.4, 0.5) is 16.3 Å². The van der Waals surface area contributed by atoms with Gasteiger partial charge in [0.25, 0.3) is 0 Å². The quantitative estimate of drug-likeness (QED) is 0.191. The number of anilines is 2. The van der Waals surface area contributed by atoms with Crippen LogP contribution < -0.4 is 15.7 Å². The molecule has 2 saturated heterocycles. The molecule has 13 heteroatoms. The molecule has 13 nitrogen and oxygen atoms in total. The highest BCUT2D eigenvalue weighted by Gasteiger charge is 2.22. The molecule has 2 aliphatic heterocycles. The average molecular weight is 567 g/mol. The van der Waals surface area contributed by atoms with Crippen LogP contribution in [0, 0.1) is 0 Å². The van der Waals surface area contributed by atoms with E-state index in [0.717, 1.165) is 61.2 Å². The van der Waals surface area contributed by atoms with Crippen LogP contribution in [-0.4, -0.2) is 93.9 Å². The molecule has 0 radical (unpaired) electrons. The predicted octanol–water partition coefficient (Wildman–Crippen LogP) is 3.04. The normalized spacial score (nSPS) is 17.6. The molecule has 0 saturated carbocycles. The number of hydrogen-bond acceptors (Lipinski definition) is 9. The third kappa shape index (κ3) is 7.29. The van der Waals surface area contributed by atoms with Gasteiger partial charge in [-0.1, -0.05) is 12.8 Å². The van der Waals surface area contributed by atoms with Gasteiger partial charge in [-0.15, -0.1) is 0 Å². The lowest BCUT2D eigenvalue weighted by atomic mass is 10.1. The summed E-state index contributed by atoms with van der Waals surface area (Å²) < 4.78 is 13.0. The maximum atomic E-state index is 12.7. The minimum atomic E-state index is -0.356. The molecule has 0 spiro atoms. The zero-order valence-electron chi connectivity index (χ0n) is 23.4. The number of hydroxylamine groups is 1. The number of aryl methyl sites for hydroxylation is 1. The number of carbonyl (C=O) groups excluding carboxylic acids is 2. The summed E-state index contributed by atoms with van der Waals surface area (Å²) in [4.78, 5) is 37.8. The zero-order chi connectivity index (χ0) is 28.6. The number of ether oxygens (including phenoxy) is 2. The molecule has 1 unspecified atom stereocenters. The van der Waals surface area contributed by atoms with Crippen molar-refractivity contribution in [2.24, 2.45) is 0 Å². The van der Waals surface area contributed by atoms with E-state index < -0.39 is 0 Å². The lowest BCUT2D eigenvalue weighted by molar-refractivity contribution is -0.129. The Bertz CT molecular complexity index is 1330. The van der Waals surface area contributed by atoms with Crippen LogP contribution in [0.5, 0.6) is 0 Å². The molecule has 3 N–H and O–H groups in total. The molecule has 220 valence electrons. The predicted molar refractivity (Wildman–Crippen MR) is 153 cm³/mol. The number of aromatic nitrogens is 4. The molecular weight excluding hydrogens is 528 g/mol. The van der Waals surface area contributed by atoms with E-state index in [1.54, 1.807) is 10.4 Å². The topological polar surface area (TPSA) is 147 Å². The van der Waals surface area contributed by atoms with Crippen LogP contribution in [0.25, 0.3) is 22.4 Å². The lowest BCUT2D eigenvalue weighted by Crippen LogP contribution is -2.46. The van der Waals surface area contributed by atoms with Gasteiger partial charge in [-0.05, 0) is 44.0 Å². The fraction of sp³-hybridized carbons (Fsp3) is 0.536. The summed E-state index contributed by atoms with van der Waals surface area (Å²) in [5, 5.41) is 17.2. The van der Waals surface area contributed by atoms with E-state index in [4.69, 9.17) is 24.6 Å². The molecule has 1 aromatic carbocycles. The fourth-order valence-corrected chi connectivity index (χ4v) is 5.11. The number of benzene rings is 1. The molecule has 2 aliphatic rings. The van der Waals surface area contributed by atoms with Gasteiger partial charge in [-0.2, -0.15) is 5.10 Å². The molecule has 3 amide bonds. The Morgan fingerprint density at radius 2 is 1.80 bits per heavy atom. The van der Waals surface area contributed by atoms with E-state index in [9.17, 15) is 9.59 Å². The third-order valence-corrected chi connectivity index (χ3v) is 7.36. The second-order valence-corrected chi connectivity index (χ2v) is 10.4. The first kappa shape index (κ1) is 28.7. The minimum absolute atomic E-state index is 0.0260. The Kier molecular flexibility index (Phi) is 9.59. The molecule has 0 aliphatic carbocycles. The number of rotatable bonds is 10. The van der Waals surface area contributed by atoms with E-state index >= 15 is 0 Å². The monoisotopic (exact) mass is 566 g/mol. The van der Waals surface area contributed by atoms with Crippen molar-refractivity contribution >= 4 is 34.5 Å². The average Bonchev–Trinajstić information content (AvgIpc) is 3.42. The number of unbranched alkanes of at least 4 members (excludes halogenated alkanes) is 3. The van der Waals surface area contributed by atoms with Crippen molar-refractivity contribution in [2.45, 2.75) is 51.7 Å². The summed E-state index contributed by atoms with van der Waals surface area (Å²) in [6, 6.07) is 7.44. The first-order valence-corrected chi connectivity index (χ1v) is 14.3. The molecule has 2 aromatic heterocycles. The SMILES string of the molecule is CC1CN(C(=O)Nc2ccc(-c3nc(N4CCOCC4)c4cnn(CCCCCCC(=O)NO)c4n3)cc2)CCO1. The second-order valence-electron chi connectivity index (χ2n) is 10.4. The molecule has 1 atom stereocenters. The van der Waals surface area contributed by atoms with Crippen LogP contribution in [0.1, 0.15) is 39.0 Å². The molecule has 3 aromatic rings. The summed E-state index contributed by atoms with van der Waals surface area (Å²) in [6.45, 7) is 7.09. The maximum Gasteiger partial charge on any atom is 0.322 e. The second kappa shape index (κ2) is 13.7. The highest BCUT2D eigenvalue weighted by Crippen LogP contribution is 2.29. The van der Waals surface area contributed by atoms with Gasteiger partial charge in [-0.3, -0.25) is 10.0 Å². The van der Waals surface area contributed by atoms with E-state index in [-0.39, 0.29) is 18.0 Å². The molecule has 5 rings (SSSR count). The minimum Gasteiger partial charge on any atom is -0.378 e. The Balaban J connectivity index is 1.32. The Labute approximate surface area is 238 Å². The number of amides is 3. The highest BCUT2D eigenvalue weighted by atomic mass is 16.5. The number of carbonyl (C=O) groups is 2. The molecule has 0 bridgehead atoms. The van der Waals surface area contributed by atoms with Gasteiger partial charge in [-0.25, -0.2) is 24.9 Å². The van der Waals surface area contributed by atoms with Crippen LogP contribution in [0.2, 0.25) is 0 Å². The van der Waals surface area contributed by atoms with Crippen molar-refractivity contribution in [1.82, 2.24) is 30.1 Å². The Morgan fingerprint density at radius 1 is 1.02 bits per heavy atom. The van der Waals surface area contributed by atoms with Gasteiger partial charge in [0.05, 0.1) is 37.5 Å². The van der Waals surface area contributed by atoms with Crippen LogP contribution >= 0.6 is 0 Å². The van der Waals surface area contributed by atoms with E-state index in [2.05, 4.69) is 15.3 Å². The van der Waals surface area contributed by atoms with Crippen molar-refractivity contribution < 1.29 is 24.3 Å². The summed E-state index contributed by atoms with van der Waals surface area (Å²) in [5.41, 5.74) is 3.99. The number of hydrogen-bond donors (Lipinski definition) is 3. The van der Waals surface area contributed by atoms with Gasteiger partial charge in [0.2, 0.25) is 5.91 Å². The van der Waals surface area contributed by atoms with Gasteiger partial charge in [0.15, 0.2) is 11.5 Å². The van der Waals surface area contributed by atoms with Crippen LogP contribution in [0.15, 0.2) is 30.5 Å². The molecular formula is C28H38N8O5. The van der Waals surface area contributed by atoms with Gasteiger partial charge in [0, 0.05) is 50.4 Å². The highest BCUT2D eigenvalue weighted by molar-refractivity contribution is 5.90. The maximum absolute atomic E-state index is 12.7. The van der Waals surface area contributed by atoms with Gasteiger partial charge in [0.1, 0.15) is 5.82 Å². The number of nitrogens with zero attached hydrogens (tertiary/aromatic N) is 6. The van der Waals surface area contributed by atoms with Crippen molar-refractivity contribution in [3.05, 3.63) is 30.5 Å². The standard InChI is InChI=1S/C28H38N8O5/c1-20-19-35(14-17-41-20)28(38)30-22-9-7-21(8-10-22)25-31-26(34-12-15-40-16-13-34)23-18-29-36(27(23)32-25)11-5-3-2-4-6-24(37)33-39/h7-10,18,20,39H,2-6,11-17,19H2,1H3,(H,30,38)(H,33,37). The smallest absolute Gasteiger partial charge is 0.322 e. The van der Waals surface area contributed by atoms with Crippen LogP contribution in [0.3, 0.4) is 0 Å². The summed E-state index contributed by atoms with van der Waals surface area (Å²) in [6.07, 6.45) is 5.61. The van der Waals surface area contributed by atoms with Crippen molar-refractivity contribution in [2.75, 3.05) is 56.2 Å². The van der Waals surface area contributed by atoms with Gasteiger partial charge >= 0.3 is 6.03 Å². The van der Waals surface area contributed by atoms with Crippen molar-refractivity contribution in [3.63, 3.8) is 0 Å². The van der Waals surface area contributed by atoms with E-state index in [1.807, 2.05) is 42.1 Å². The fourth-order valence-electron chi connectivity index (χ4n) is 5.11. The Morgan fingerprint density at radius 3 is 2.56 bits per heavy atom. The molecule has 2 fully saturated rings. The first-order valence-electron chi connectivity index (χ1n) is 14.3. The van der Waals surface area contributed by atoms with Crippen LogP contribution in [-0.2, 0) is 20.8 Å². The van der Waals surface area contributed by atoms with E-state index in [1.165, 1.54) is 0 Å². The largest absolute Gasteiger partial charge is 0.378 e. The number of urea groups is 1.